The standard InChI is InChI=1S/C32H38ClN5O3S2/c1-36-21-31(34-23-36)43(40,41)37(2)22-32(26-9-6-10-28(33)17-26)18-27(32)20-38-15-13-24(14-16-38)19-35-42(39)30-12-5-8-25-7-3-4-11-29(25)30/h3-12,17,21,23-24,27,35H,13-16,18-20,22H2,1-2H3/t27-,32+,42?/m0/s1. The molecule has 2 fully saturated rings. The van der Waals surface area contributed by atoms with E-state index in [2.05, 4.69) is 20.7 Å². The first-order valence-electron chi connectivity index (χ1n) is 14.7. The second kappa shape index (κ2) is 12.4. The minimum absolute atomic E-state index is 0.0630. The molecule has 1 aliphatic carbocycles. The molecular formula is C32H38ClN5O3S2. The van der Waals surface area contributed by atoms with E-state index in [-0.39, 0.29) is 10.4 Å². The Bertz CT molecular complexity index is 1730. The number of sulfonamides is 1. The Morgan fingerprint density at radius 2 is 1.84 bits per heavy atom. The van der Waals surface area contributed by atoms with E-state index < -0.39 is 21.0 Å². The average Bonchev–Trinajstić information content (AvgIpc) is 3.50. The van der Waals surface area contributed by atoms with E-state index in [1.807, 2.05) is 60.7 Å². The summed E-state index contributed by atoms with van der Waals surface area (Å²) >= 11 is 6.40. The Morgan fingerprint density at radius 3 is 2.58 bits per heavy atom. The van der Waals surface area contributed by atoms with Gasteiger partial charge < -0.3 is 9.47 Å². The van der Waals surface area contributed by atoms with Crippen molar-refractivity contribution in [1.82, 2.24) is 23.5 Å². The molecule has 3 atom stereocenters. The zero-order valence-corrected chi connectivity index (χ0v) is 26.9. The number of rotatable bonds is 11. The molecule has 1 aromatic heterocycles. The molecule has 1 N–H and O–H groups in total. The molecule has 1 saturated heterocycles. The summed E-state index contributed by atoms with van der Waals surface area (Å²) in [5.41, 5.74) is 0.790. The van der Waals surface area contributed by atoms with Gasteiger partial charge in [-0.3, -0.25) is 0 Å². The molecule has 0 amide bonds. The molecule has 228 valence electrons. The van der Waals surface area contributed by atoms with Crippen LogP contribution in [0.25, 0.3) is 10.8 Å². The predicted molar refractivity (Wildman–Crippen MR) is 172 cm³/mol. The van der Waals surface area contributed by atoms with Crippen LogP contribution in [0.2, 0.25) is 5.02 Å². The lowest BCUT2D eigenvalue weighted by atomic mass is 9.92. The van der Waals surface area contributed by atoms with Crippen LogP contribution in [0, 0.1) is 11.8 Å². The molecule has 2 heterocycles. The van der Waals surface area contributed by atoms with Crippen LogP contribution < -0.4 is 4.72 Å². The van der Waals surface area contributed by atoms with Gasteiger partial charge in [-0.15, -0.1) is 0 Å². The summed E-state index contributed by atoms with van der Waals surface area (Å²) in [7, 11) is -1.57. The van der Waals surface area contributed by atoms with Crippen LogP contribution >= 0.6 is 11.6 Å². The predicted octanol–water partition coefficient (Wildman–Crippen LogP) is 4.83. The van der Waals surface area contributed by atoms with Crippen LogP contribution in [0.3, 0.4) is 0 Å². The summed E-state index contributed by atoms with van der Waals surface area (Å²) in [6, 6.07) is 21.9. The maximum Gasteiger partial charge on any atom is 0.261 e. The monoisotopic (exact) mass is 639 g/mol. The molecule has 2 aliphatic rings. The summed E-state index contributed by atoms with van der Waals surface area (Å²) in [5, 5.41) is 2.84. The third-order valence-corrected chi connectivity index (χ3v) is 12.2. The van der Waals surface area contributed by atoms with E-state index in [4.69, 9.17) is 11.6 Å². The molecule has 0 spiro atoms. The second-order valence-corrected chi connectivity index (χ2v) is 15.7. The topological polar surface area (TPSA) is 87.5 Å². The minimum Gasteiger partial charge on any atom is -0.339 e. The highest BCUT2D eigenvalue weighted by molar-refractivity contribution is 7.89. The molecule has 1 aliphatic heterocycles. The Labute approximate surface area is 261 Å². The molecule has 0 radical (unpaired) electrons. The van der Waals surface area contributed by atoms with Crippen molar-refractivity contribution in [3.63, 3.8) is 0 Å². The van der Waals surface area contributed by atoms with Crippen molar-refractivity contribution >= 4 is 43.4 Å². The van der Waals surface area contributed by atoms with Crippen molar-refractivity contribution in [3.8, 4) is 0 Å². The highest BCUT2D eigenvalue weighted by atomic mass is 35.5. The number of hydrogen-bond donors (Lipinski definition) is 1. The Kier molecular flexibility index (Phi) is 8.79. The van der Waals surface area contributed by atoms with E-state index in [1.165, 1.54) is 10.6 Å². The number of hydrogen-bond acceptors (Lipinski definition) is 5. The SMILES string of the molecule is CN(C[C@@]1(c2cccc(Cl)c2)C[C@H]1CN1CCC(CNS(=O)c2cccc3ccccc23)CC1)S(=O)(=O)c1cn(C)cn1. The maximum absolute atomic E-state index is 13.3. The van der Waals surface area contributed by atoms with Crippen LogP contribution in [0.15, 0.2) is 89.2 Å². The van der Waals surface area contributed by atoms with Crippen molar-refractivity contribution in [2.45, 2.75) is 34.6 Å². The van der Waals surface area contributed by atoms with Gasteiger partial charge in [0.15, 0.2) is 5.03 Å². The van der Waals surface area contributed by atoms with Gasteiger partial charge in [-0.2, -0.15) is 4.31 Å². The molecular weight excluding hydrogens is 602 g/mol. The Morgan fingerprint density at radius 1 is 1.09 bits per heavy atom. The van der Waals surface area contributed by atoms with Gasteiger partial charge >= 0.3 is 0 Å². The number of nitrogens with one attached hydrogen (secondary N) is 1. The number of likely N-dealkylation sites (tertiary alicyclic amines) is 1. The van der Waals surface area contributed by atoms with E-state index >= 15 is 0 Å². The number of aromatic nitrogens is 2. The van der Waals surface area contributed by atoms with Crippen LogP contribution in [0.4, 0.5) is 0 Å². The maximum atomic E-state index is 13.3. The van der Waals surface area contributed by atoms with E-state index in [0.29, 0.717) is 23.4 Å². The second-order valence-electron chi connectivity index (χ2n) is 12.0. The first-order valence-corrected chi connectivity index (χ1v) is 17.7. The molecule has 43 heavy (non-hydrogen) atoms. The Hall–Kier alpha value is -2.60. The molecule has 1 unspecified atom stereocenters. The molecule has 3 aromatic carbocycles. The van der Waals surface area contributed by atoms with Crippen LogP contribution in [0.1, 0.15) is 24.8 Å². The normalized spacial score (nSPS) is 22.3. The fraction of sp³-hybridized carbons (Fsp3) is 0.406. The zero-order valence-electron chi connectivity index (χ0n) is 24.5. The molecule has 0 bridgehead atoms. The van der Waals surface area contributed by atoms with Gasteiger partial charge in [0, 0.05) is 50.4 Å². The van der Waals surface area contributed by atoms with Gasteiger partial charge in [-0.1, -0.05) is 60.1 Å². The van der Waals surface area contributed by atoms with Crippen LogP contribution in [0.5, 0.6) is 0 Å². The first-order chi connectivity index (χ1) is 20.7. The van der Waals surface area contributed by atoms with E-state index in [9.17, 15) is 12.6 Å². The molecule has 6 rings (SSSR count). The minimum atomic E-state index is -3.72. The van der Waals surface area contributed by atoms with Gasteiger partial charge in [0.05, 0.1) is 11.2 Å². The number of aryl methyl sites for hydroxylation is 1. The van der Waals surface area contributed by atoms with Crippen LogP contribution in [-0.4, -0.2) is 71.2 Å². The van der Waals surface area contributed by atoms with E-state index in [1.54, 1.807) is 24.9 Å². The van der Waals surface area contributed by atoms with Crippen molar-refractivity contribution in [3.05, 3.63) is 89.8 Å². The largest absolute Gasteiger partial charge is 0.339 e. The molecule has 1 saturated carbocycles. The summed E-state index contributed by atoms with van der Waals surface area (Å²) in [6.45, 7) is 3.94. The molecule has 4 aromatic rings. The van der Waals surface area contributed by atoms with E-state index in [0.717, 1.165) is 66.7 Å². The van der Waals surface area contributed by atoms with Gasteiger partial charge in [-0.05, 0) is 78.7 Å². The number of imidazole rings is 1. The van der Waals surface area contributed by atoms with Gasteiger partial charge in [0.1, 0.15) is 11.0 Å². The number of benzene rings is 3. The van der Waals surface area contributed by atoms with Gasteiger partial charge in [-0.25, -0.2) is 22.3 Å². The summed E-state index contributed by atoms with van der Waals surface area (Å²) < 4.78 is 46.2. The summed E-state index contributed by atoms with van der Waals surface area (Å²) in [5.74, 6) is 0.780. The van der Waals surface area contributed by atoms with Crippen molar-refractivity contribution in [2.75, 3.05) is 39.8 Å². The van der Waals surface area contributed by atoms with Crippen LogP contribution in [-0.2, 0) is 33.5 Å². The smallest absolute Gasteiger partial charge is 0.261 e. The summed E-state index contributed by atoms with van der Waals surface area (Å²) in [6.07, 6.45) is 6.02. The third-order valence-electron chi connectivity index (χ3n) is 9.13. The van der Waals surface area contributed by atoms with Crippen molar-refractivity contribution in [1.29, 1.82) is 0 Å². The zero-order chi connectivity index (χ0) is 30.2. The lowest BCUT2D eigenvalue weighted by Gasteiger charge is -2.33. The quantitative estimate of drug-likeness (QED) is 0.254. The van der Waals surface area contributed by atoms with Gasteiger partial charge in [0.25, 0.3) is 10.0 Å². The number of piperidine rings is 1. The third kappa shape index (κ3) is 6.45. The highest BCUT2D eigenvalue weighted by Crippen LogP contribution is 2.56. The average molecular weight is 640 g/mol. The lowest BCUT2D eigenvalue weighted by Crippen LogP contribution is -2.40. The van der Waals surface area contributed by atoms with Crippen molar-refractivity contribution < 1.29 is 12.6 Å². The molecule has 11 heteroatoms. The molecule has 8 nitrogen and oxygen atoms in total. The number of halogens is 1. The van der Waals surface area contributed by atoms with Gasteiger partial charge in [0.2, 0.25) is 0 Å². The number of nitrogens with zero attached hydrogens (tertiary/aromatic N) is 4. The first kappa shape index (κ1) is 30.4. The highest BCUT2D eigenvalue weighted by Gasteiger charge is 2.57. The lowest BCUT2D eigenvalue weighted by molar-refractivity contribution is 0.174. The Balaban J connectivity index is 1.07. The fourth-order valence-corrected chi connectivity index (χ4v) is 9.05. The fourth-order valence-electron chi connectivity index (χ4n) is 6.53. The van der Waals surface area contributed by atoms with Crippen molar-refractivity contribution in [2.24, 2.45) is 18.9 Å². The summed E-state index contributed by atoms with van der Waals surface area (Å²) in [4.78, 5) is 7.43. The number of likely N-dealkylation sites (N-methyl/N-ethyl adjacent to an activating group) is 1. The number of fused-ring (bicyclic) bond motifs is 1.